The lowest BCUT2D eigenvalue weighted by Crippen LogP contribution is -2.12. The fraction of sp³-hybridized carbons (Fsp3) is 0.143. The molecule has 26 heavy (non-hydrogen) atoms. The van der Waals surface area contributed by atoms with Crippen LogP contribution in [0.3, 0.4) is 0 Å². The molecule has 0 unspecified atom stereocenters. The molecule has 0 amide bonds. The van der Waals surface area contributed by atoms with Gasteiger partial charge in [-0.05, 0) is 29.3 Å². The number of hydrogen-bond donors (Lipinski definition) is 1. The SMILES string of the molecule is c1ccc(Cn2cc(CNCc3ccc(-n4cccn4)cc3)cn2)cc1. The highest BCUT2D eigenvalue weighted by molar-refractivity contribution is 5.33. The molecule has 0 aliphatic carbocycles. The highest BCUT2D eigenvalue weighted by Gasteiger charge is 2.01. The summed E-state index contributed by atoms with van der Waals surface area (Å²) in [6, 6.07) is 20.7. The van der Waals surface area contributed by atoms with E-state index < -0.39 is 0 Å². The number of hydrogen-bond acceptors (Lipinski definition) is 3. The van der Waals surface area contributed by atoms with Crippen LogP contribution in [0.2, 0.25) is 0 Å². The standard InChI is InChI=1S/C21H21N5/c1-2-5-19(6-3-1)16-25-17-20(15-24-25)14-22-13-18-7-9-21(10-8-18)26-12-4-11-23-26/h1-12,15,17,22H,13-14,16H2. The lowest BCUT2D eigenvalue weighted by atomic mass is 10.2. The average Bonchev–Trinajstić information content (AvgIpc) is 3.36. The van der Waals surface area contributed by atoms with Crippen LogP contribution in [0.4, 0.5) is 0 Å². The summed E-state index contributed by atoms with van der Waals surface area (Å²) >= 11 is 0. The van der Waals surface area contributed by atoms with E-state index in [0.717, 1.165) is 25.3 Å². The highest BCUT2D eigenvalue weighted by atomic mass is 15.3. The van der Waals surface area contributed by atoms with Gasteiger partial charge in [0.1, 0.15) is 0 Å². The van der Waals surface area contributed by atoms with Gasteiger partial charge in [0.05, 0.1) is 18.4 Å². The molecule has 0 saturated carbocycles. The molecule has 0 atom stereocenters. The predicted octanol–water partition coefficient (Wildman–Crippen LogP) is 3.41. The van der Waals surface area contributed by atoms with Gasteiger partial charge in [-0.1, -0.05) is 42.5 Å². The minimum absolute atomic E-state index is 0.801. The Balaban J connectivity index is 1.28. The molecule has 4 rings (SSSR count). The summed E-state index contributed by atoms with van der Waals surface area (Å²) in [5.74, 6) is 0. The Morgan fingerprint density at radius 2 is 1.58 bits per heavy atom. The van der Waals surface area contributed by atoms with Gasteiger partial charge in [0, 0.05) is 37.2 Å². The second kappa shape index (κ2) is 7.80. The van der Waals surface area contributed by atoms with Crippen molar-refractivity contribution in [3.63, 3.8) is 0 Å². The molecule has 0 fully saturated rings. The monoisotopic (exact) mass is 343 g/mol. The van der Waals surface area contributed by atoms with Crippen molar-refractivity contribution in [1.29, 1.82) is 0 Å². The Hall–Kier alpha value is -3.18. The fourth-order valence-corrected chi connectivity index (χ4v) is 2.89. The highest BCUT2D eigenvalue weighted by Crippen LogP contribution is 2.09. The molecule has 0 radical (unpaired) electrons. The van der Waals surface area contributed by atoms with Gasteiger partial charge in [0.15, 0.2) is 0 Å². The fourth-order valence-electron chi connectivity index (χ4n) is 2.89. The normalized spacial score (nSPS) is 10.9. The second-order valence-corrected chi connectivity index (χ2v) is 6.25. The van der Waals surface area contributed by atoms with Crippen molar-refractivity contribution in [2.45, 2.75) is 19.6 Å². The van der Waals surface area contributed by atoms with Crippen molar-refractivity contribution >= 4 is 0 Å². The second-order valence-electron chi connectivity index (χ2n) is 6.25. The lowest BCUT2D eigenvalue weighted by Gasteiger charge is -2.06. The Morgan fingerprint density at radius 3 is 2.35 bits per heavy atom. The quantitative estimate of drug-likeness (QED) is 0.559. The van der Waals surface area contributed by atoms with Crippen molar-refractivity contribution in [2.24, 2.45) is 0 Å². The molecule has 4 aromatic rings. The zero-order valence-corrected chi connectivity index (χ0v) is 14.5. The zero-order valence-electron chi connectivity index (χ0n) is 14.5. The van der Waals surface area contributed by atoms with E-state index >= 15 is 0 Å². The number of benzene rings is 2. The van der Waals surface area contributed by atoms with E-state index in [4.69, 9.17) is 0 Å². The van der Waals surface area contributed by atoms with E-state index in [9.17, 15) is 0 Å². The van der Waals surface area contributed by atoms with Gasteiger partial charge in [0.2, 0.25) is 0 Å². The van der Waals surface area contributed by atoms with E-state index in [0.29, 0.717) is 0 Å². The first-order valence-corrected chi connectivity index (χ1v) is 8.72. The molecule has 0 bridgehead atoms. The van der Waals surface area contributed by atoms with Crippen LogP contribution in [0.25, 0.3) is 5.69 Å². The molecule has 0 aliphatic heterocycles. The van der Waals surface area contributed by atoms with Crippen LogP contribution in [0.5, 0.6) is 0 Å². The van der Waals surface area contributed by atoms with Gasteiger partial charge in [-0.2, -0.15) is 10.2 Å². The molecule has 2 aromatic carbocycles. The van der Waals surface area contributed by atoms with Crippen molar-refractivity contribution < 1.29 is 0 Å². The summed E-state index contributed by atoms with van der Waals surface area (Å²) in [6.07, 6.45) is 7.76. The Kier molecular flexibility index (Phi) is 4.89. The van der Waals surface area contributed by atoms with Gasteiger partial charge in [-0.15, -0.1) is 0 Å². The summed E-state index contributed by atoms with van der Waals surface area (Å²) < 4.78 is 3.84. The maximum atomic E-state index is 4.44. The van der Waals surface area contributed by atoms with E-state index in [1.54, 1.807) is 6.20 Å². The van der Waals surface area contributed by atoms with Crippen LogP contribution < -0.4 is 5.32 Å². The smallest absolute Gasteiger partial charge is 0.0659 e. The molecule has 0 aliphatic rings. The first-order valence-electron chi connectivity index (χ1n) is 8.72. The van der Waals surface area contributed by atoms with E-state index in [2.05, 4.69) is 70.2 Å². The van der Waals surface area contributed by atoms with Crippen LogP contribution in [0.1, 0.15) is 16.7 Å². The van der Waals surface area contributed by atoms with Gasteiger partial charge in [-0.3, -0.25) is 4.68 Å². The van der Waals surface area contributed by atoms with Crippen LogP contribution >= 0.6 is 0 Å². The Labute approximate surface area is 152 Å². The third-order valence-electron chi connectivity index (χ3n) is 4.24. The van der Waals surface area contributed by atoms with Crippen molar-refractivity contribution in [3.05, 3.63) is 102 Å². The first-order chi connectivity index (χ1) is 12.9. The van der Waals surface area contributed by atoms with Gasteiger partial charge >= 0.3 is 0 Å². The average molecular weight is 343 g/mol. The molecule has 5 heteroatoms. The third-order valence-corrected chi connectivity index (χ3v) is 4.24. The van der Waals surface area contributed by atoms with E-state index in [1.807, 2.05) is 33.9 Å². The molecule has 130 valence electrons. The number of aromatic nitrogens is 4. The van der Waals surface area contributed by atoms with Crippen LogP contribution in [0.15, 0.2) is 85.5 Å². The van der Waals surface area contributed by atoms with E-state index in [-0.39, 0.29) is 0 Å². The Bertz CT molecular complexity index is 924. The number of rotatable bonds is 7. The van der Waals surface area contributed by atoms with Crippen LogP contribution in [0, 0.1) is 0 Å². The van der Waals surface area contributed by atoms with Gasteiger partial charge in [-0.25, -0.2) is 4.68 Å². The summed E-state index contributed by atoms with van der Waals surface area (Å²) in [7, 11) is 0. The molecule has 2 aromatic heterocycles. The summed E-state index contributed by atoms with van der Waals surface area (Å²) in [6.45, 7) is 2.43. The first kappa shape index (κ1) is 16.3. The minimum Gasteiger partial charge on any atom is -0.309 e. The summed E-state index contributed by atoms with van der Waals surface area (Å²) in [5, 5.41) is 12.2. The molecule has 0 saturated heterocycles. The number of nitrogens with one attached hydrogen (secondary N) is 1. The molecule has 0 spiro atoms. The van der Waals surface area contributed by atoms with Crippen LogP contribution in [-0.4, -0.2) is 19.6 Å². The van der Waals surface area contributed by atoms with Crippen molar-refractivity contribution in [3.8, 4) is 5.69 Å². The van der Waals surface area contributed by atoms with Crippen molar-refractivity contribution in [1.82, 2.24) is 24.9 Å². The van der Waals surface area contributed by atoms with Gasteiger partial charge in [0.25, 0.3) is 0 Å². The van der Waals surface area contributed by atoms with E-state index in [1.165, 1.54) is 16.7 Å². The molecular formula is C21H21N5. The van der Waals surface area contributed by atoms with Crippen molar-refractivity contribution in [2.75, 3.05) is 0 Å². The predicted molar refractivity (Wildman–Crippen MR) is 102 cm³/mol. The van der Waals surface area contributed by atoms with Crippen LogP contribution in [-0.2, 0) is 19.6 Å². The molecule has 5 nitrogen and oxygen atoms in total. The third kappa shape index (κ3) is 4.07. The molecule has 1 N–H and O–H groups in total. The Morgan fingerprint density at radius 1 is 0.769 bits per heavy atom. The zero-order chi connectivity index (χ0) is 17.6. The summed E-state index contributed by atoms with van der Waals surface area (Å²) in [5.41, 5.74) is 4.76. The molecule has 2 heterocycles. The minimum atomic E-state index is 0.801. The maximum Gasteiger partial charge on any atom is 0.0659 e. The largest absolute Gasteiger partial charge is 0.309 e. The van der Waals surface area contributed by atoms with Gasteiger partial charge < -0.3 is 5.32 Å². The number of nitrogens with zero attached hydrogens (tertiary/aromatic N) is 4. The summed E-state index contributed by atoms with van der Waals surface area (Å²) in [4.78, 5) is 0. The topological polar surface area (TPSA) is 47.7 Å². The lowest BCUT2D eigenvalue weighted by molar-refractivity contribution is 0.677. The maximum absolute atomic E-state index is 4.44. The molecular weight excluding hydrogens is 322 g/mol.